The SMILES string of the molecule is C.COC(=O)/C=C/c1ccccc1C=O.COC(=O)CC1c2ccccc2CN1[C@H](C)c1ccccc1. The van der Waals surface area contributed by atoms with E-state index in [1.165, 1.54) is 37.0 Å². The standard InChI is InChI=1S/C19H21NO2.C11H10O3.CH4/c1-14(15-8-4-3-5-9-15)20-13-16-10-6-7-11-17(16)18(20)12-19(21)22-2;1-14-11(13)7-6-9-4-2-3-5-10(9)8-12;/h3-11,14,18H,12-13H2,1-2H3;2-8H,1H3;1H4/b;7-6+;/t14-,18?;;/m1../s1. The van der Waals surface area contributed by atoms with Gasteiger partial charge in [-0.3, -0.25) is 14.5 Å². The molecule has 3 aromatic rings. The number of nitrogens with zero attached hydrogens (tertiary/aromatic N) is 1. The third-order valence-electron chi connectivity index (χ3n) is 6.26. The van der Waals surface area contributed by atoms with Crippen LogP contribution in [0.1, 0.15) is 65.5 Å². The van der Waals surface area contributed by atoms with Gasteiger partial charge in [0.15, 0.2) is 6.29 Å². The molecule has 6 heteroatoms. The predicted octanol–water partition coefficient (Wildman–Crippen LogP) is 6.19. The van der Waals surface area contributed by atoms with Crippen LogP contribution in [-0.2, 0) is 25.6 Å². The number of carbonyl (C=O) groups is 3. The highest BCUT2D eigenvalue weighted by molar-refractivity contribution is 5.90. The smallest absolute Gasteiger partial charge is 0.330 e. The van der Waals surface area contributed by atoms with Crippen molar-refractivity contribution in [2.24, 2.45) is 0 Å². The molecule has 3 aromatic carbocycles. The van der Waals surface area contributed by atoms with Gasteiger partial charge in [0.05, 0.1) is 20.6 Å². The topological polar surface area (TPSA) is 72.9 Å². The van der Waals surface area contributed by atoms with E-state index in [-0.39, 0.29) is 25.5 Å². The number of hydrogen-bond acceptors (Lipinski definition) is 6. The summed E-state index contributed by atoms with van der Waals surface area (Å²) in [6, 6.07) is 26.1. The summed E-state index contributed by atoms with van der Waals surface area (Å²) in [6.45, 7) is 3.07. The molecule has 194 valence electrons. The minimum Gasteiger partial charge on any atom is -0.469 e. The highest BCUT2D eigenvalue weighted by Crippen LogP contribution is 2.41. The first-order valence-electron chi connectivity index (χ1n) is 11.7. The molecule has 0 aliphatic carbocycles. The molecule has 1 unspecified atom stereocenters. The van der Waals surface area contributed by atoms with E-state index in [9.17, 15) is 14.4 Å². The average molecular weight is 502 g/mol. The molecule has 1 aliphatic heterocycles. The molecule has 0 saturated carbocycles. The van der Waals surface area contributed by atoms with E-state index in [0.29, 0.717) is 17.5 Å². The van der Waals surface area contributed by atoms with E-state index >= 15 is 0 Å². The lowest BCUT2D eigenvalue weighted by atomic mass is 10.0. The van der Waals surface area contributed by atoms with Crippen LogP contribution in [0, 0.1) is 0 Å². The third-order valence-corrected chi connectivity index (χ3v) is 6.26. The second kappa shape index (κ2) is 14.5. The lowest BCUT2D eigenvalue weighted by Gasteiger charge is -2.31. The molecule has 0 bridgehead atoms. The van der Waals surface area contributed by atoms with Crippen molar-refractivity contribution < 1.29 is 23.9 Å². The number of hydrogen-bond donors (Lipinski definition) is 0. The Balaban J connectivity index is 0.000000280. The van der Waals surface area contributed by atoms with Crippen LogP contribution in [-0.4, -0.2) is 37.3 Å². The van der Waals surface area contributed by atoms with Gasteiger partial charge < -0.3 is 9.47 Å². The van der Waals surface area contributed by atoms with Gasteiger partial charge in [0, 0.05) is 30.3 Å². The van der Waals surface area contributed by atoms with Gasteiger partial charge in [-0.05, 0) is 35.3 Å². The molecule has 0 amide bonds. The van der Waals surface area contributed by atoms with E-state index in [1.807, 2.05) is 12.1 Å². The van der Waals surface area contributed by atoms with Gasteiger partial charge in [0.1, 0.15) is 0 Å². The maximum Gasteiger partial charge on any atom is 0.330 e. The van der Waals surface area contributed by atoms with Crippen molar-refractivity contribution in [2.45, 2.75) is 39.4 Å². The van der Waals surface area contributed by atoms with Crippen molar-refractivity contribution in [3.05, 3.63) is 113 Å². The van der Waals surface area contributed by atoms with Crippen molar-refractivity contribution in [1.29, 1.82) is 0 Å². The second-order valence-corrected chi connectivity index (χ2v) is 8.36. The highest BCUT2D eigenvalue weighted by atomic mass is 16.5. The number of aldehydes is 1. The Bertz CT molecular complexity index is 1200. The predicted molar refractivity (Wildman–Crippen MR) is 146 cm³/mol. The summed E-state index contributed by atoms with van der Waals surface area (Å²) in [5, 5.41) is 0. The van der Waals surface area contributed by atoms with Crippen LogP contribution in [0.4, 0.5) is 0 Å². The van der Waals surface area contributed by atoms with Gasteiger partial charge >= 0.3 is 11.9 Å². The van der Waals surface area contributed by atoms with E-state index in [0.717, 1.165) is 12.8 Å². The van der Waals surface area contributed by atoms with Crippen LogP contribution >= 0.6 is 0 Å². The molecule has 0 radical (unpaired) electrons. The molecule has 37 heavy (non-hydrogen) atoms. The molecule has 0 spiro atoms. The molecular weight excluding hydrogens is 466 g/mol. The summed E-state index contributed by atoms with van der Waals surface area (Å²) in [5.74, 6) is -0.599. The van der Waals surface area contributed by atoms with E-state index < -0.39 is 5.97 Å². The first kappa shape index (κ1) is 29.2. The van der Waals surface area contributed by atoms with Crippen LogP contribution in [0.15, 0.2) is 84.9 Å². The van der Waals surface area contributed by atoms with Gasteiger partial charge in [-0.1, -0.05) is 86.3 Å². The fraction of sp³-hybridized carbons (Fsp3) is 0.258. The number of benzene rings is 3. The molecule has 1 heterocycles. The van der Waals surface area contributed by atoms with Crippen LogP contribution < -0.4 is 0 Å². The molecule has 0 fully saturated rings. The number of methoxy groups -OCH3 is 2. The van der Waals surface area contributed by atoms with Crippen molar-refractivity contribution in [2.75, 3.05) is 14.2 Å². The summed E-state index contributed by atoms with van der Waals surface area (Å²) in [4.78, 5) is 35.6. The molecule has 0 aromatic heterocycles. The number of ether oxygens (including phenoxy) is 2. The number of carbonyl (C=O) groups excluding carboxylic acids is 3. The van der Waals surface area contributed by atoms with Gasteiger partial charge in [0.25, 0.3) is 0 Å². The lowest BCUT2D eigenvalue weighted by molar-refractivity contribution is -0.142. The number of rotatable bonds is 7. The van der Waals surface area contributed by atoms with Crippen LogP contribution in [0.3, 0.4) is 0 Å². The van der Waals surface area contributed by atoms with Crippen molar-refractivity contribution >= 4 is 24.3 Å². The monoisotopic (exact) mass is 501 g/mol. The van der Waals surface area contributed by atoms with Crippen molar-refractivity contribution in [3.8, 4) is 0 Å². The average Bonchev–Trinajstić information content (AvgIpc) is 3.30. The summed E-state index contributed by atoms with van der Waals surface area (Å²) < 4.78 is 9.33. The summed E-state index contributed by atoms with van der Waals surface area (Å²) in [6.07, 6.45) is 3.97. The van der Waals surface area contributed by atoms with Crippen LogP contribution in [0.2, 0.25) is 0 Å². The van der Waals surface area contributed by atoms with Crippen LogP contribution in [0.25, 0.3) is 6.08 Å². The molecule has 0 N–H and O–H groups in total. The fourth-order valence-corrected chi connectivity index (χ4v) is 4.28. The normalized spacial score (nSPS) is 14.9. The highest BCUT2D eigenvalue weighted by Gasteiger charge is 2.35. The molecule has 1 aliphatic rings. The van der Waals surface area contributed by atoms with Gasteiger partial charge in [-0.15, -0.1) is 0 Å². The maximum atomic E-state index is 11.8. The van der Waals surface area contributed by atoms with E-state index in [1.54, 1.807) is 30.3 Å². The Morgan fingerprint density at radius 1 is 0.919 bits per heavy atom. The Morgan fingerprint density at radius 3 is 2.19 bits per heavy atom. The van der Waals surface area contributed by atoms with Gasteiger partial charge in [-0.2, -0.15) is 0 Å². The van der Waals surface area contributed by atoms with E-state index in [2.05, 4.69) is 59.0 Å². The van der Waals surface area contributed by atoms with Crippen molar-refractivity contribution in [3.63, 3.8) is 0 Å². The van der Waals surface area contributed by atoms with Gasteiger partial charge in [-0.25, -0.2) is 4.79 Å². The van der Waals surface area contributed by atoms with Crippen molar-refractivity contribution in [1.82, 2.24) is 4.90 Å². The molecule has 6 nitrogen and oxygen atoms in total. The van der Waals surface area contributed by atoms with Crippen LogP contribution in [0.5, 0.6) is 0 Å². The third kappa shape index (κ3) is 7.72. The number of esters is 2. The largest absolute Gasteiger partial charge is 0.469 e. The molecular formula is C31H35NO5. The Labute approximate surface area is 219 Å². The summed E-state index contributed by atoms with van der Waals surface area (Å²) >= 11 is 0. The molecule has 2 atom stereocenters. The Hall–Kier alpha value is -4.03. The first-order valence-corrected chi connectivity index (χ1v) is 11.7. The second-order valence-electron chi connectivity index (χ2n) is 8.36. The zero-order valence-corrected chi connectivity index (χ0v) is 20.8. The quantitative estimate of drug-likeness (QED) is 0.218. The molecule has 4 rings (SSSR count). The summed E-state index contributed by atoms with van der Waals surface area (Å²) in [5.41, 5.74) is 5.07. The lowest BCUT2D eigenvalue weighted by Crippen LogP contribution is -2.27. The Kier molecular flexibility index (Phi) is 11.5. The zero-order valence-electron chi connectivity index (χ0n) is 20.8. The van der Waals surface area contributed by atoms with Gasteiger partial charge in [0.2, 0.25) is 0 Å². The summed E-state index contributed by atoms with van der Waals surface area (Å²) in [7, 11) is 2.76. The minimum atomic E-state index is -0.439. The fourth-order valence-electron chi connectivity index (χ4n) is 4.28. The zero-order chi connectivity index (χ0) is 25.9. The minimum absolute atomic E-state index is 0. The number of fused-ring (bicyclic) bond motifs is 1. The molecule has 0 saturated heterocycles. The maximum absolute atomic E-state index is 11.8. The first-order chi connectivity index (χ1) is 17.5. The van der Waals surface area contributed by atoms with E-state index in [4.69, 9.17) is 4.74 Å². The Morgan fingerprint density at radius 2 is 1.54 bits per heavy atom.